The summed E-state index contributed by atoms with van der Waals surface area (Å²) in [6, 6.07) is 11.2. The number of aromatic nitrogens is 1. The van der Waals surface area contributed by atoms with Crippen molar-refractivity contribution in [1.82, 2.24) is 10.4 Å². The van der Waals surface area contributed by atoms with Gasteiger partial charge in [-0.3, -0.25) is 4.79 Å². The number of aromatic amines is 1. The molecule has 144 valence electrons. The highest BCUT2D eigenvalue weighted by atomic mass is 16.5. The first-order chi connectivity index (χ1) is 13.7. The van der Waals surface area contributed by atoms with Crippen LogP contribution in [0.15, 0.2) is 41.5 Å². The molecular weight excluding hydrogens is 354 g/mol. The van der Waals surface area contributed by atoms with Gasteiger partial charge < -0.3 is 14.5 Å². The summed E-state index contributed by atoms with van der Waals surface area (Å²) < 4.78 is 10.5. The third kappa shape index (κ3) is 3.45. The quantitative estimate of drug-likeness (QED) is 0.524. The maximum Gasteiger partial charge on any atom is 0.271 e. The molecule has 28 heavy (non-hydrogen) atoms. The summed E-state index contributed by atoms with van der Waals surface area (Å²) in [5, 5.41) is 5.22. The molecule has 2 N–H and O–H groups in total. The van der Waals surface area contributed by atoms with Crippen LogP contribution in [-0.4, -0.2) is 31.3 Å². The third-order valence-electron chi connectivity index (χ3n) is 5.15. The number of rotatable bonds is 5. The van der Waals surface area contributed by atoms with Gasteiger partial charge in [-0.25, -0.2) is 5.43 Å². The molecular formula is C22H23N3O3. The number of benzene rings is 2. The molecule has 0 saturated heterocycles. The van der Waals surface area contributed by atoms with Crippen molar-refractivity contribution in [3.05, 3.63) is 58.8 Å². The highest BCUT2D eigenvalue weighted by Gasteiger charge is 2.16. The first-order valence-electron chi connectivity index (χ1n) is 9.38. The number of nitrogens with one attached hydrogen (secondary N) is 2. The predicted molar refractivity (Wildman–Crippen MR) is 110 cm³/mol. The molecule has 3 aromatic rings. The molecule has 1 aromatic heterocycles. The fourth-order valence-corrected chi connectivity index (χ4v) is 3.71. The monoisotopic (exact) mass is 377 g/mol. The topological polar surface area (TPSA) is 75.7 Å². The van der Waals surface area contributed by atoms with Crippen LogP contribution in [0.1, 0.15) is 40.0 Å². The van der Waals surface area contributed by atoms with Crippen molar-refractivity contribution in [2.45, 2.75) is 25.7 Å². The lowest BCUT2D eigenvalue weighted by atomic mass is 9.95. The number of aryl methyl sites for hydroxylation is 2. The summed E-state index contributed by atoms with van der Waals surface area (Å²) in [4.78, 5) is 16.0. The van der Waals surface area contributed by atoms with E-state index in [1.165, 1.54) is 24.1 Å². The first-order valence-corrected chi connectivity index (χ1v) is 9.38. The third-order valence-corrected chi connectivity index (χ3v) is 5.15. The van der Waals surface area contributed by atoms with Gasteiger partial charge in [0.15, 0.2) is 11.5 Å². The zero-order valence-corrected chi connectivity index (χ0v) is 16.0. The Morgan fingerprint density at radius 1 is 1.07 bits per heavy atom. The Labute approximate surface area is 163 Å². The number of carbonyl (C=O) groups is 1. The van der Waals surface area contributed by atoms with Gasteiger partial charge in [0.1, 0.15) is 0 Å². The van der Waals surface area contributed by atoms with Gasteiger partial charge in [0.2, 0.25) is 0 Å². The Hall–Kier alpha value is -3.28. The average Bonchev–Trinajstić information content (AvgIpc) is 3.11. The number of hydrogen-bond acceptors (Lipinski definition) is 4. The number of methoxy groups -OCH3 is 2. The molecule has 0 unspecified atom stereocenters. The number of ether oxygens (including phenoxy) is 2. The van der Waals surface area contributed by atoms with E-state index in [4.69, 9.17) is 9.47 Å². The van der Waals surface area contributed by atoms with Crippen LogP contribution >= 0.6 is 0 Å². The molecule has 0 atom stereocenters. The number of fused-ring (bicyclic) bond motifs is 3. The van der Waals surface area contributed by atoms with E-state index in [0.29, 0.717) is 17.1 Å². The van der Waals surface area contributed by atoms with Crippen molar-refractivity contribution in [2.24, 2.45) is 5.10 Å². The summed E-state index contributed by atoms with van der Waals surface area (Å²) in [6.07, 6.45) is 6.15. The van der Waals surface area contributed by atoms with Crippen molar-refractivity contribution >= 4 is 23.0 Å². The van der Waals surface area contributed by atoms with E-state index in [9.17, 15) is 4.79 Å². The lowest BCUT2D eigenvalue weighted by molar-refractivity contribution is 0.0955. The fraction of sp³-hybridized carbons (Fsp3) is 0.273. The summed E-state index contributed by atoms with van der Waals surface area (Å²) in [5.41, 5.74) is 7.76. The molecule has 4 rings (SSSR count). The summed E-state index contributed by atoms with van der Waals surface area (Å²) in [7, 11) is 3.17. The second-order valence-corrected chi connectivity index (χ2v) is 6.86. The van der Waals surface area contributed by atoms with Crippen molar-refractivity contribution in [1.29, 1.82) is 0 Å². The maximum atomic E-state index is 12.5. The molecule has 0 bridgehead atoms. The SMILES string of the molecule is COc1ccc(/C=N\NC(=O)c2ccc3[nH]c4c(c3c2)CCCC4)cc1OC. The second-order valence-electron chi connectivity index (χ2n) is 6.86. The Balaban J connectivity index is 1.50. The van der Waals surface area contributed by atoms with Crippen LogP contribution in [0.3, 0.4) is 0 Å². The molecule has 1 amide bonds. The highest BCUT2D eigenvalue weighted by Crippen LogP contribution is 2.30. The molecule has 6 nitrogen and oxygen atoms in total. The van der Waals surface area contributed by atoms with Crippen LogP contribution in [0.4, 0.5) is 0 Å². The Morgan fingerprint density at radius 3 is 2.71 bits per heavy atom. The van der Waals surface area contributed by atoms with Gasteiger partial charge in [-0.2, -0.15) is 5.10 Å². The number of amides is 1. The maximum absolute atomic E-state index is 12.5. The van der Waals surface area contributed by atoms with Crippen LogP contribution in [0.25, 0.3) is 10.9 Å². The standard InChI is InChI=1S/C22H23N3O3/c1-27-20-10-7-14(11-21(20)28-2)13-23-25-22(26)15-8-9-19-17(12-15)16-5-3-4-6-18(16)24-19/h7-13,24H,3-6H2,1-2H3,(H,25,26)/b23-13-. The fourth-order valence-electron chi connectivity index (χ4n) is 3.71. The number of H-pyrrole nitrogens is 1. The summed E-state index contributed by atoms with van der Waals surface area (Å²) in [6.45, 7) is 0. The number of hydrazone groups is 1. The number of hydrogen-bond donors (Lipinski definition) is 2. The number of carbonyl (C=O) groups excluding carboxylic acids is 1. The van der Waals surface area contributed by atoms with E-state index in [-0.39, 0.29) is 5.91 Å². The molecule has 0 aliphatic heterocycles. The van der Waals surface area contributed by atoms with Crippen molar-refractivity contribution < 1.29 is 14.3 Å². The van der Waals surface area contributed by atoms with E-state index in [1.807, 2.05) is 24.3 Å². The van der Waals surface area contributed by atoms with E-state index in [0.717, 1.165) is 29.3 Å². The van der Waals surface area contributed by atoms with E-state index in [2.05, 4.69) is 15.5 Å². The lowest BCUT2D eigenvalue weighted by Crippen LogP contribution is -2.17. The molecule has 0 radical (unpaired) electrons. The molecule has 0 saturated carbocycles. The van der Waals surface area contributed by atoms with E-state index >= 15 is 0 Å². The summed E-state index contributed by atoms with van der Waals surface area (Å²) >= 11 is 0. The van der Waals surface area contributed by atoms with E-state index < -0.39 is 0 Å². The minimum Gasteiger partial charge on any atom is -0.493 e. The second kappa shape index (κ2) is 7.76. The molecule has 6 heteroatoms. The van der Waals surface area contributed by atoms with Gasteiger partial charge in [0, 0.05) is 22.2 Å². The lowest BCUT2D eigenvalue weighted by Gasteiger charge is -2.10. The molecule has 0 spiro atoms. The summed E-state index contributed by atoms with van der Waals surface area (Å²) in [5.74, 6) is 1.02. The average molecular weight is 377 g/mol. The Kier molecular flexibility index (Phi) is 5.02. The normalized spacial score (nSPS) is 13.5. The van der Waals surface area contributed by atoms with Crippen LogP contribution in [-0.2, 0) is 12.8 Å². The molecule has 1 heterocycles. The van der Waals surface area contributed by atoms with Crippen molar-refractivity contribution in [3.63, 3.8) is 0 Å². The Bertz CT molecular complexity index is 1050. The van der Waals surface area contributed by atoms with E-state index in [1.54, 1.807) is 32.6 Å². The molecule has 0 fully saturated rings. The zero-order chi connectivity index (χ0) is 19.5. The largest absolute Gasteiger partial charge is 0.493 e. The van der Waals surface area contributed by atoms with Gasteiger partial charge in [-0.1, -0.05) is 0 Å². The zero-order valence-electron chi connectivity index (χ0n) is 16.0. The van der Waals surface area contributed by atoms with Gasteiger partial charge >= 0.3 is 0 Å². The smallest absolute Gasteiger partial charge is 0.271 e. The highest BCUT2D eigenvalue weighted by molar-refractivity contribution is 5.99. The number of nitrogens with zero attached hydrogens (tertiary/aromatic N) is 1. The van der Waals surface area contributed by atoms with Crippen molar-refractivity contribution in [2.75, 3.05) is 14.2 Å². The molecule has 1 aliphatic rings. The van der Waals surface area contributed by atoms with Crippen LogP contribution in [0.2, 0.25) is 0 Å². The van der Waals surface area contributed by atoms with Gasteiger partial charge in [-0.15, -0.1) is 0 Å². The molecule has 2 aromatic carbocycles. The minimum absolute atomic E-state index is 0.232. The van der Waals surface area contributed by atoms with Gasteiger partial charge in [0.25, 0.3) is 5.91 Å². The molecule has 1 aliphatic carbocycles. The van der Waals surface area contributed by atoms with Crippen LogP contribution in [0.5, 0.6) is 11.5 Å². The van der Waals surface area contributed by atoms with Crippen LogP contribution < -0.4 is 14.9 Å². The van der Waals surface area contributed by atoms with Gasteiger partial charge in [0.05, 0.1) is 20.4 Å². The van der Waals surface area contributed by atoms with Gasteiger partial charge in [-0.05, 0) is 73.2 Å². The predicted octanol–water partition coefficient (Wildman–Crippen LogP) is 3.83. The van der Waals surface area contributed by atoms with Crippen molar-refractivity contribution in [3.8, 4) is 11.5 Å². The van der Waals surface area contributed by atoms with Crippen LogP contribution in [0, 0.1) is 0 Å². The minimum atomic E-state index is -0.232. The first kappa shape index (κ1) is 18.1. The Morgan fingerprint density at radius 2 is 1.89 bits per heavy atom.